The highest BCUT2D eigenvalue weighted by molar-refractivity contribution is 5.95. The second kappa shape index (κ2) is 25.7. The number of carbonyl (C=O) groups is 3. The summed E-state index contributed by atoms with van der Waals surface area (Å²) >= 11 is 0. The first-order chi connectivity index (χ1) is 38.7. The molecular weight excluding hydrogens is 1040 g/mol. The smallest absolute Gasteiger partial charge is 0.410 e. The number of rotatable bonds is 19. The summed E-state index contributed by atoms with van der Waals surface area (Å²) in [6.07, 6.45) is 5.82. The maximum Gasteiger partial charge on any atom is 0.410 e. The molecule has 0 aliphatic heterocycles. The number of carbonyl (C=O) groups excluding carboxylic acids is 3. The minimum Gasteiger partial charge on any atom is -0.444 e. The van der Waals surface area contributed by atoms with Gasteiger partial charge in [0, 0.05) is 81.9 Å². The number of para-hydroxylation sites is 4. The highest BCUT2D eigenvalue weighted by Crippen LogP contribution is 2.27. The second-order valence-corrected chi connectivity index (χ2v) is 21.2. The molecule has 9 rings (SSSR count). The number of H-pyrrole nitrogens is 1. The van der Waals surface area contributed by atoms with Gasteiger partial charge in [-0.1, -0.05) is 38.1 Å². The van der Waals surface area contributed by atoms with Gasteiger partial charge in [-0.05, 0) is 90.1 Å². The Morgan fingerprint density at radius 1 is 0.642 bits per heavy atom. The molecule has 81 heavy (non-hydrogen) atoms. The first kappa shape index (κ1) is 57.9. The van der Waals surface area contributed by atoms with Crippen LogP contribution in [-0.2, 0) is 40.2 Å². The molecule has 0 aliphatic carbocycles. The van der Waals surface area contributed by atoms with E-state index in [-0.39, 0.29) is 55.8 Å². The average molecular weight is 1110 g/mol. The van der Waals surface area contributed by atoms with Crippen LogP contribution in [0.4, 0.5) is 41.4 Å². The molecule has 0 fully saturated rings. The van der Waals surface area contributed by atoms with Crippen LogP contribution in [0.1, 0.15) is 90.3 Å². The Hall–Kier alpha value is -9.28. The van der Waals surface area contributed by atoms with E-state index < -0.39 is 40.9 Å². The van der Waals surface area contributed by atoms with E-state index in [0.29, 0.717) is 76.5 Å². The second-order valence-electron chi connectivity index (χ2n) is 21.2. The quantitative estimate of drug-likeness (QED) is 0.0471. The van der Waals surface area contributed by atoms with Crippen molar-refractivity contribution in [3.8, 4) is 0 Å². The summed E-state index contributed by atoms with van der Waals surface area (Å²) in [5, 5.41) is 8.96. The van der Waals surface area contributed by atoms with Crippen molar-refractivity contribution in [1.29, 1.82) is 0 Å². The number of hydrogen-bond donors (Lipinski definition) is 5. The van der Waals surface area contributed by atoms with Crippen molar-refractivity contribution in [2.45, 2.75) is 98.4 Å². The lowest BCUT2D eigenvalue weighted by atomic mass is 10.1. The maximum atomic E-state index is 14.0. The fourth-order valence-corrected chi connectivity index (χ4v) is 8.24. The largest absolute Gasteiger partial charge is 0.444 e. The molecule has 0 aliphatic rings. The minimum atomic E-state index is -0.726. The van der Waals surface area contributed by atoms with Crippen LogP contribution in [-0.4, -0.2) is 105 Å². The fraction of sp³-hybridized carbons (Fsp3) is 0.345. The number of halogens is 2. The highest BCUT2D eigenvalue weighted by Gasteiger charge is 2.28. The van der Waals surface area contributed by atoms with Gasteiger partial charge >= 0.3 is 12.2 Å². The van der Waals surface area contributed by atoms with Crippen LogP contribution in [0.3, 0.4) is 0 Å². The van der Waals surface area contributed by atoms with Gasteiger partial charge in [-0.15, -0.1) is 0 Å². The van der Waals surface area contributed by atoms with E-state index in [2.05, 4.69) is 50.8 Å². The van der Waals surface area contributed by atoms with Gasteiger partial charge in [0.25, 0.3) is 0 Å². The molecule has 7 aromatic heterocycles. The van der Waals surface area contributed by atoms with E-state index in [9.17, 15) is 23.2 Å². The zero-order valence-corrected chi connectivity index (χ0v) is 46.4. The number of pyridine rings is 4. The number of hydrogen-bond acceptors (Lipinski definition) is 17. The van der Waals surface area contributed by atoms with Crippen molar-refractivity contribution in [3.63, 3.8) is 0 Å². The van der Waals surface area contributed by atoms with Gasteiger partial charge in [-0.25, -0.2) is 43.3 Å². The van der Waals surface area contributed by atoms with Crippen LogP contribution in [0.15, 0.2) is 119 Å². The number of nitrogens with zero attached hydrogens (tertiary/aromatic N) is 9. The number of fused-ring (bicyclic) bond motifs is 3. The number of nitrogen functional groups attached to an aromatic ring is 1. The van der Waals surface area contributed by atoms with E-state index in [1.807, 2.05) is 52.0 Å². The number of ether oxygens (including phenoxy) is 2. The molecule has 7 heterocycles. The Bertz CT molecular complexity index is 3580. The average Bonchev–Trinajstić information content (AvgIpc) is 4.38. The third-order valence-electron chi connectivity index (χ3n) is 12.2. The summed E-state index contributed by atoms with van der Waals surface area (Å²) in [5.74, 6) is 0.716. The summed E-state index contributed by atoms with van der Waals surface area (Å²) < 4.78 is 51.2. The van der Waals surface area contributed by atoms with Crippen molar-refractivity contribution in [2.24, 2.45) is 5.92 Å². The third kappa shape index (κ3) is 15.9. The molecule has 0 spiro atoms. The Balaban J connectivity index is 0.000000212. The third-order valence-corrected chi connectivity index (χ3v) is 12.2. The van der Waals surface area contributed by atoms with Gasteiger partial charge in [0.15, 0.2) is 45.6 Å². The highest BCUT2D eigenvalue weighted by atomic mass is 19.1. The molecule has 21 nitrogen and oxygen atoms in total. The number of aromatic amines is 1. The van der Waals surface area contributed by atoms with Crippen molar-refractivity contribution in [3.05, 3.63) is 150 Å². The molecule has 2 atom stereocenters. The topological polar surface area (TPSA) is 271 Å². The molecule has 0 saturated heterocycles. The van der Waals surface area contributed by atoms with Crippen LogP contribution < -0.4 is 21.7 Å². The van der Waals surface area contributed by atoms with Gasteiger partial charge in [0.2, 0.25) is 5.91 Å². The van der Waals surface area contributed by atoms with Gasteiger partial charge in [0.1, 0.15) is 28.7 Å². The molecule has 0 radical (unpaired) electrons. The lowest BCUT2D eigenvalue weighted by molar-refractivity contribution is -0.119. The summed E-state index contributed by atoms with van der Waals surface area (Å²) in [5.41, 5.74) is 9.89. The maximum absolute atomic E-state index is 14.0. The van der Waals surface area contributed by atoms with Crippen molar-refractivity contribution < 1.29 is 41.5 Å². The SMILES string of the molecule is CC(CN(CCc1nc2c(NCc3ncccc3F)nccc2o1)C(=O)OC(C)(C)C)C(=O)Nc1ccccc1N.CC(CN(CCc1nc2c(NCc3ncccc3F)nccc2o1)C(=O)OC(C)(C)C)c1nc2ccccc2[nH]1. The van der Waals surface area contributed by atoms with Crippen LogP contribution in [0, 0.1) is 17.6 Å². The lowest BCUT2D eigenvalue weighted by Crippen LogP contribution is -2.42. The van der Waals surface area contributed by atoms with Crippen LogP contribution in [0.2, 0.25) is 0 Å². The predicted octanol–water partition coefficient (Wildman–Crippen LogP) is 10.8. The van der Waals surface area contributed by atoms with Gasteiger partial charge in [-0.3, -0.25) is 14.8 Å². The van der Waals surface area contributed by atoms with E-state index in [0.717, 1.165) is 16.9 Å². The Morgan fingerprint density at radius 2 is 1.15 bits per heavy atom. The summed E-state index contributed by atoms with van der Waals surface area (Å²) in [7, 11) is 0. The number of aromatic nitrogens is 8. The predicted molar refractivity (Wildman–Crippen MR) is 303 cm³/mol. The fourth-order valence-electron chi connectivity index (χ4n) is 8.24. The van der Waals surface area contributed by atoms with E-state index in [4.69, 9.17) is 29.0 Å². The van der Waals surface area contributed by atoms with Crippen molar-refractivity contribution >= 4 is 74.3 Å². The lowest BCUT2D eigenvalue weighted by Gasteiger charge is -2.28. The number of imidazole rings is 1. The minimum absolute atomic E-state index is 0.0736. The molecule has 2 unspecified atom stereocenters. The monoisotopic (exact) mass is 1110 g/mol. The number of nitrogens with one attached hydrogen (secondary N) is 4. The van der Waals surface area contributed by atoms with Gasteiger partial charge in [0.05, 0.1) is 52.8 Å². The molecule has 0 saturated carbocycles. The summed E-state index contributed by atoms with van der Waals surface area (Å²) in [6, 6.07) is 23.9. The first-order valence-electron chi connectivity index (χ1n) is 26.4. The van der Waals surface area contributed by atoms with Gasteiger partial charge in [-0.2, -0.15) is 0 Å². The molecule has 424 valence electrons. The standard InChI is InChI=1S/C29H34FN7O4.C29H32FN7O3/c1-18(27(38)35-21-10-6-5-9-20(21)31)17-37(28(39)41-29(2,3)4)15-12-24-36-25-23(40-24)11-14-33-26(25)34-16-22-19(30)8-7-13-32-22;1-18(26-34-20-9-5-6-10-21(20)35-26)17-37(28(38)40-29(2,3)4)15-12-24-36-25-23(39-24)11-14-32-27(25)33-16-22-19(30)8-7-13-31-22/h5-11,13-14,18H,12,15-17,31H2,1-4H3,(H,33,34)(H,35,38);5-11,13-14,18H,12,15-17H2,1-4H3,(H,32,33)(H,34,35). The molecule has 6 N–H and O–H groups in total. The number of nitrogens with two attached hydrogens (primary N) is 1. The van der Waals surface area contributed by atoms with Crippen LogP contribution >= 0.6 is 0 Å². The summed E-state index contributed by atoms with van der Waals surface area (Å²) in [6.45, 7) is 15.8. The van der Waals surface area contributed by atoms with Crippen molar-refractivity contribution in [1.82, 2.24) is 49.7 Å². The molecular formula is C58H66F2N14O7. The van der Waals surface area contributed by atoms with E-state index in [1.54, 1.807) is 87.5 Å². The zero-order valence-electron chi connectivity index (χ0n) is 46.4. The molecule has 2 aromatic carbocycles. The zero-order chi connectivity index (χ0) is 57.8. The molecule has 3 amide bonds. The molecule has 23 heteroatoms. The number of amides is 3. The molecule has 9 aromatic rings. The van der Waals surface area contributed by atoms with Crippen LogP contribution in [0.25, 0.3) is 33.2 Å². The Labute approximate surface area is 466 Å². The van der Waals surface area contributed by atoms with Crippen molar-refractivity contribution in [2.75, 3.05) is 47.9 Å². The number of benzene rings is 2. The number of oxazole rings is 2. The molecule has 0 bridgehead atoms. The number of anilines is 4. The Morgan fingerprint density at radius 3 is 1.65 bits per heavy atom. The first-order valence-corrected chi connectivity index (χ1v) is 26.4. The van der Waals surface area contributed by atoms with Crippen LogP contribution in [0.5, 0.6) is 0 Å². The van der Waals surface area contributed by atoms with Gasteiger partial charge < -0.3 is 54.8 Å². The summed E-state index contributed by atoms with van der Waals surface area (Å²) in [4.78, 5) is 76.2. The normalized spacial score (nSPS) is 12.3. The van der Waals surface area contributed by atoms with E-state index >= 15 is 0 Å². The van der Waals surface area contributed by atoms with E-state index in [1.165, 1.54) is 35.5 Å². The Kier molecular flexibility index (Phi) is 18.3.